The lowest BCUT2D eigenvalue weighted by atomic mass is 10.3. The summed E-state index contributed by atoms with van der Waals surface area (Å²) in [6.07, 6.45) is 0. The first-order chi connectivity index (χ1) is 8.55. The van der Waals surface area contributed by atoms with Gasteiger partial charge >= 0.3 is 0 Å². The van der Waals surface area contributed by atoms with E-state index >= 15 is 0 Å². The van der Waals surface area contributed by atoms with Gasteiger partial charge in [-0.25, -0.2) is 5.84 Å². The minimum Gasteiger partial charge on any atom is -0.353 e. The lowest BCUT2D eigenvalue weighted by Crippen LogP contribution is -2.39. The van der Waals surface area contributed by atoms with Crippen molar-refractivity contribution in [2.24, 2.45) is 5.84 Å². The number of hydrogen-bond acceptors (Lipinski definition) is 7. The van der Waals surface area contributed by atoms with Gasteiger partial charge in [0.05, 0.1) is 13.1 Å². The molecule has 1 aromatic heterocycles. The van der Waals surface area contributed by atoms with Gasteiger partial charge in [-0.3, -0.25) is 15.1 Å². The highest BCUT2D eigenvalue weighted by molar-refractivity contribution is 7.15. The van der Waals surface area contributed by atoms with E-state index in [1.165, 1.54) is 11.3 Å². The minimum absolute atomic E-state index is 0.0218. The third-order valence-corrected chi connectivity index (χ3v) is 3.05. The summed E-state index contributed by atoms with van der Waals surface area (Å²) >= 11 is 1.39. The Hall–Kier alpha value is -1.25. The molecule has 0 aromatic carbocycles. The number of hydrogen-bond donors (Lipinski definition) is 3. The van der Waals surface area contributed by atoms with E-state index in [-0.39, 0.29) is 11.9 Å². The molecule has 0 aliphatic heterocycles. The van der Waals surface area contributed by atoms with Crippen LogP contribution in [0.25, 0.3) is 0 Å². The van der Waals surface area contributed by atoms with Crippen LogP contribution in [0.15, 0.2) is 0 Å². The first-order valence-corrected chi connectivity index (χ1v) is 6.67. The van der Waals surface area contributed by atoms with Crippen LogP contribution in [0.1, 0.15) is 25.8 Å². The van der Waals surface area contributed by atoms with E-state index in [1.807, 2.05) is 25.7 Å². The van der Waals surface area contributed by atoms with Crippen LogP contribution in [0.5, 0.6) is 0 Å². The van der Waals surface area contributed by atoms with Gasteiger partial charge in [-0.1, -0.05) is 18.3 Å². The van der Waals surface area contributed by atoms with Gasteiger partial charge in [-0.2, -0.15) is 0 Å². The molecule has 0 unspecified atom stereocenters. The van der Waals surface area contributed by atoms with Crippen molar-refractivity contribution in [3.8, 4) is 0 Å². The van der Waals surface area contributed by atoms with E-state index in [9.17, 15) is 4.79 Å². The van der Waals surface area contributed by atoms with Gasteiger partial charge < -0.3 is 5.32 Å². The smallest absolute Gasteiger partial charge is 0.234 e. The summed E-state index contributed by atoms with van der Waals surface area (Å²) in [7, 11) is 0. The van der Waals surface area contributed by atoms with Crippen molar-refractivity contribution in [3.05, 3.63) is 5.01 Å². The zero-order valence-electron chi connectivity index (χ0n) is 10.9. The molecule has 0 aliphatic carbocycles. The normalized spacial score (nSPS) is 11.0. The second-order valence-electron chi connectivity index (χ2n) is 4.17. The zero-order valence-corrected chi connectivity index (χ0v) is 11.8. The predicted molar refractivity (Wildman–Crippen MR) is 71.9 cm³/mol. The van der Waals surface area contributed by atoms with Gasteiger partial charge in [0.15, 0.2) is 0 Å². The average molecular weight is 272 g/mol. The number of nitrogens with two attached hydrogens (primary N) is 1. The summed E-state index contributed by atoms with van der Waals surface area (Å²) in [5.41, 5.74) is 2.45. The number of aromatic nitrogens is 2. The monoisotopic (exact) mass is 272 g/mol. The Balaban J connectivity index is 2.48. The molecule has 1 rings (SSSR count). The van der Waals surface area contributed by atoms with Gasteiger partial charge in [0.25, 0.3) is 0 Å². The third-order valence-electron chi connectivity index (χ3n) is 2.21. The van der Waals surface area contributed by atoms with Gasteiger partial charge in [0, 0.05) is 6.04 Å². The summed E-state index contributed by atoms with van der Waals surface area (Å²) in [6, 6.07) is 0.158. The Kier molecular flexibility index (Phi) is 5.96. The number of nitrogens with one attached hydrogen (secondary N) is 2. The fourth-order valence-electron chi connectivity index (χ4n) is 1.42. The number of rotatable bonds is 7. The summed E-state index contributed by atoms with van der Waals surface area (Å²) in [6.45, 7) is 7.62. The molecule has 102 valence electrons. The molecule has 0 aliphatic rings. The zero-order chi connectivity index (χ0) is 13.5. The Morgan fingerprint density at radius 3 is 2.72 bits per heavy atom. The first-order valence-electron chi connectivity index (χ1n) is 5.85. The molecular formula is C10H20N6OS. The van der Waals surface area contributed by atoms with Crippen LogP contribution in [0.4, 0.5) is 5.13 Å². The lowest BCUT2D eigenvalue weighted by molar-refractivity contribution is -0.122. The highest BCUT2D eigenvalue weighted by Crippen LogP contribution is 2.15. The van der Waals surface area contributed by atoms with Crippen LogP contribution < -0.4 is 16.6 Å². The maximum Gasteiger partial charge on any atom is 0.234 e. The van der Waals surface area contributed by atoms with Crippen molar-refractivity contribution < 1.29 is 4.79 Å². The average Bonchev–Trinajstić information content (AvgIpc) is 2.74. The van der Waals surface area contributed by atoms with Crippen molar-refractivity contribution in [3.63, 3.8) is 0 Å². The van der Waals surface area contributed by atoms with Crippen LogP contribution in [-0.2, 0) is 11.3 Å². The summed E-state index contributed by atoms with van der Waals surface area (Å²) in [5.74, 6) is 5.26. The van der Waals surface area contributed by atoms with E-state index in [2.05, 4.69) is 20.9 Å². The fourth-order valence-corrected chi connectivity index (χ4v) is 2.11. The molecule has 7 nitrogen and oxygen atoms in total. The highest BCUT2D eigenvalue weighted by atomic mass is 32.1. The van der Waals surface area contributed by atoms with Gasteiger partial charge in [-0.05, 0) is 20.4 Å². The summed E-state index contributed by atoms with van der Waals surface area (Å²) in [4.78, 5) is 13.7. The van der Waals surface area contributed by atoms with Crippen LogP contribution in [0.3, 0.4) is 0 Å². The van der Waals surface area contributed by atoms with Crippen molar-refractivity contribution in [1.29, 1.82) is 0 Å². The fraction of sp³-hybridized carbons (Fsp3) is 0.700. The van der Waals surface area contributed by atoms with Gasteiger partial charge in [0.1, 0.15) is 5.01 Å². The van der Waals surface area contributed by atoms with E-state index in [0.717, 1.165) is 11.6 Å². The second kappa shape index (κ2) is 7.24. The minimum atomic E-state index is 0.0218. The number of likely N-dealkylation sites (N-methyl/N-ethyl adjacent to an activating group) is 1. The van der Waals surface area contributed by atoms with Crippen LogP contribution in [-0.4, -0.2) is 40.1 Å². The molecule has 0 bridgehead atoms. The van der Waals surface area contributed by atoms with Crippen molar-refractivity contribution in [2.75, 3.05) is 18.5 Å². The maximum atomic E-state index is 11.7. The summed E-state index contributed by atoms with van der Waals surface area (Å²) < 4.78 is 0. The van der Waals surface area contributed by atoms with Crippen molar-refractivity contribution in [1.82, 2.24) is 20.4 Å². The Bertz CT molecular complexity index is 380. The number of nitrogens with zero attached hydrogens (tertiary/aromatic N) is 3. The second-order valence-corrected chi connectivity index (χ2v) is 5.23. The maximum absolute atomic E-state index is 11.7. The number of nitrogen functional groups attached to an aromatic ring is 1. The third kappa shape index (κ3) is 4.94. The molecule has 0 fully saturated rings. The van der Waals surface area contributed by atoms with Crippen molar-refractivity contribution >= 4 is 22.4 Å². The van der Waals surface area contributed by atoms with E-state index in [1.54, 1.807) is 0 Å². The Morgan fingerprint density at radius 1 is 1.50 bits per heavy atom. The van der Waals surface area contributed by atoms with E-state index < -0.39 is 0 Å². The Morgan fingerprint density at radius 2 is 2.22 bits per heavy atom. The molecule has 0 saturated carbocycles. The molecule has 1 amide bonds. The van der Waals surface area contributed by atoms with Crippen LogP contribution in [0, 0.1) is 0 Å². The SMILES string of the molecule is CCN(CC(=O)NC(C)C)Cc1nnc(NN)s1. The number of anilines is 1. The molecule has 0 saturated heterocycles. The number of carbonyl (C=O) groups excluding carboxylic acids is 1. The lowest BCUT2D eigenvalue weighted by Gasteiger charge is -2.19. The number of amides is 1. The predicted octanol–water partition coefficient (Wildman–Crippen LogP) is 0.170. The summed E-state index contributed by atoms with van der Waals surface area (Å²) in [5, 5.41) is 12.1. The number of carbonyl (C=O) groups is 1. The van der Waals surface area contributed by atoms with Gasteiger partial charge in [0.2, 0.25) is 11.0 Å². The quantitative estimate of drug-likeness (QED) is 0.484. The topological polar surface area (TPSA) is 96.2 Å². The molecule has 4 N–H and O–H groups in total. The number of hydrazine groups is 1. The molecule has 0 spiro atoms. The van der Waals surface area contributed by atoms with Crippen molar-refractivity contribution in [2.45, 2.75) is 33.4 Å². The molecule has 18 heavy (non-hydrogen) atoms. The highest BCUT2D eigenvalue weighted by Gasteiger charge is 2.12. The standard InChI is InChI=1S/C10H20N6OS/c1-4-16(5-8(17)12-7(2)3)6-9-14-15-10(13-11)18-9/h7H,4-6,11H2,1-3H3,(H,12,17)(H,13,15). The Labute approximate surface area is 111 Å². The van der Waals surface area contributed by atoms with Gasteiger partial charge in [-0.15, -0.1) is 10.2 Å². The largest absolute Gasteiger partial charge is 0.353 e. The molecular weight excluding hydrogens is 252 g/mol. The van der Waals surface area contributed by atoms with Crippen LogP contribution in [0.2, 0.25) is 0 Å². The van der Waals surface area contributed by atoms with E-state index in [0.29, 0.717) is 18.2 Å². The molecule has 1 aromatic rings. The molecule has 1 heterocycles. The molecule has 0 atom stereocenters. The first kappa shape index (κ1) is 14.8. The molecule has 8 heteroatoms. The van der Waals surface area contributed by atoms with Crippen LogP contribution >= 0.6 is 11.3 Å². The van der Waals surface area contributed by atoms with E-state index in [4.69, 9.17) is 5.84 Å². The molecule has 0 radical (unpaired) electrons.